The first-order valence-corrected chi connectivity index (χ1v) is 10.3. The number of methoxy groups -OCH3 is 2. The molecule has 1 heterocycles. The number of rotatable bonds is 5. The van der Waals surface area contributed by atoms with E-state index in [9.17, 15) is 14.4 Å². The standard InChI is InChI=1S/C22H27N3O5/c1-29-18-12-15(22(28)25-7-5-19(26)23-6-8-25)11-17(20(18)30-2)24-21(27)16-10-13-3-4-14(16)9-13/h3-4,11-14,16H,5-10H2,1-2H3,(H,23,26)(H,24,27)/t13-,14+,16-/m1/s1. The van der Waals surface area contributed by atoms with Crippen LogP contribution < -0.4 is 20.1 Å². The summed E-state index contributed by atoms with van der Waals surface area (Å²) in [6, 6.07) is 3.24. The van der Waals surface area contributed by atoms with Crippen LogP contribution in [0.3, 0.4) is 0 Å². The fraction of sp³-hybridized carbons (Fsp3) is 0.500. The average Bonchev–Trinajstić information content (AvgIpc) is 3.32. The van der Waals surface area contributed by atoms with Gasteiger partial charge in [-0.1, -0.05) is 12.2 Å². The van der Waals surface area contributed by atoms with Crippen LogP contribution in [0.4, 0.5) is 5.69 Å². The van der Waals surface area contributed by atoms with Gasteiger partial charge in [-0.25, -0.2) is 0 Å². The maximum atomic E-state index is 13.1. The minimum Gasteiger partial charge on any atom is -0.493 e. The molecule has 2 bridgehead atoms. The Labute approximate surface area is 175 Å². The Morgan fingerprint density at radius 2 is 1.97 bits per heavy atom. The lowest BCUT2D eigenvalue weighted by Gasteiger charge is -2.23. The molecule has 0 aromatic heterocycles. The molecule has 8 nitrogen and oxygen atoms in total. The van der Waals surface area contributed by atoms with Gasteiger partial charge >= 0.3 is 0 Å². The van der Waals surface area contributed by atoms with Gasteiger partial charge in [-0.3, -0.25) is 14.4 Å². The Hall–Kier alpha value is -3.03. The highest BCUT2D eigenvalue weighted by Gasteiger charge is 2.40. The van der Waals surface area contributed by atoms with E-state index in [0.29, 0.717) is 48.3 Å². The third-order valence-corrected chi connectivity index (χ3v) is 6.20. The van der Waals surface area contributed by atoms with Gasteiger partial charge in [0.2, 0.25) is 11.8 Å². The molecule has 3 amide bonds. The smallest absolute Gasteiger partial charge is 0.254 e. The lowest BCUT2D eigenvalue weighted by Crippen LogP contribution is -2.34. The molecule has 1 aliphatic heterocycles. The lowest BCUT2D eigenvalue weighted by atomic mass is 9.92. The van der Waals surface area contributed by atoms with Crippen molar-refractivity contribution in [2.45, 2.75) is 19.3 Å². The maximum absolute atomic E-state index is 13.1. The van der Waals surface area contributed by atoms with Crippen LogP contribution in [0, 0.1) is 17.8 Å². The van der Waals surface area contributed by atoms with Crippen molar-refractivity contribution in [2.75, 3.05) is 39.2 Å². The van der Waals surface area contributed by atoms with Crippen LogP contribution in [-0.2, 0) is 9.59 Å². The van der Waals surface area contributed by atoms with Gasteiger partial charge in [0.25, 0.3) is 5.91 Å². The number of fused-ring (bicyclic) bond motifs is 2. The molecular weight excluding hydrogens is 386 g/mol. The topological polar surface area (TPSA) is 97.0 Å². The summed E-state index contributed by atoms with van der Waals surface area (Å²) in [5.74, 6) is 1.09. The quantitative estimate of drug-likeness (QED) is 0.718. The summed E-state index contributed by atoms with van der Waals surface area (Å²) in [6.45, 7) is 1.19. The van der Waals surface area contributed by atoms with Crippen LogP contribution in [0.5, 0.6) is 11.5 Å². The molecule has 1 saturated carbocycles. The second kappa shape index (κ2) is 8.38. The molecule has 160 valence electrons. The summed E-state index contributed by atoms with van der Waals surface area (Å²) in [4.78, 5) is 39.3. The van der Waals surface area contributed by atoms with Crippen molar-refractivity contribution in [3.8, 4) is 11.5 Å². The monoisotopic (exact) mass is 413 g/mol. The van der Waals surface area contributed by atoms with Crippen LogP contribution in [-0.4, -0.2) is 56.5 Å². The van der Waals surface area contributed by atoms with E-state index < -0.39 is 0 Å². The fourth-order valence-corrected chi connectivity index (χ4v) is 4.64. The van der Waals surface area contributed by atoms with E-state index >= 15 is 0 Å². The van der Waals surface area contributed by atoms with Crippen LogP contribution in [0.2, 0.25) is 0 Å². The molecule has 0 spiro atoms. The van der Waals surface area contributed by atoms with Crippen molar-refractivity contribution in [3.05, 3.63) is 29.8 Å². The number of nitrogens with one attached hydrogen (secondary N) is 2. The number of nitrogens with zero attached hydrogens (tertiary/aromatic N) is 1. The zero-order chi connectivity index (χ0) is 21.3. The Kier molecular flexibility index (Phi) is 5.65. The summed E-state index contributed by atoms with van der Waals surface area (Å²) >= 11 is 0. The van der Waals surface area contributed by atoms with Crippen LogP contribution >= 0.6 is 0 Å². The molecular formula is C22H27N3O5. The predicted molar refractivity (Wildman–Crippen MR) is 111 cm³/mol. The molecule has 30 heavy (non-hydrogen) atoms. The van der Waals surface area contributed by atoms with E-state index in [4.69, 9.17) is 9.47 Å². The Morgan fingerprint density at radius 3 is 2.63 bits per heavy atom. The van der Waals surface area contributed by atoms with E-state index in [2.05, 4.69) is 22.8 Å². The number of hydrogen-bond donors (Lipinski definition) is 2. The van der Waals surface area contributed by atoms with Gasteiger partial charge in [-0.2, -0.15) is 0 Å². The highest BCUT2D eigenvalue weighted by molar-refractivity contribution is 6.00. The first-order chi connectivity index (χ1) is 14.5. The first kappa shape index (κ1) is 20.3. The van der Waals surface area contributed by atoms with E-state index in [0.717, 1.165) is 12.8 Å². The van der Waals surface area contributed by atoms with Crippen LogP contribution in [0.1, 0.15) is 29.6 Å². The zero-order valence-corrected chi connectivity index (χ0v) is 17.3. The first-order valence-electron chi connectivity index (χ1n) is 10.3. The van der Waals surface area contributed by atoms with Gasteiger partial charge in [0.05, 0.1) is 19.9 Å². The predicted octanol–water partition coefficient (Wildman–Crippen LogP) is 1.82. The van der Waals surface area contributed by atoms with Crippen molar-refractivity contribution >= 4 is 23.4 Å². The number of carbonyl (C=O) groups excluding carboxylic acids is 3. The minimum absolute atomic E-state index is 0.0644. The molecule has 1 aromatic carbocycles. The number of amides is 3. The Morgan fingerprint density at radius 1 is 1.13 bits per heavy atom. The van der Waals surface area contributed by atoms with Gasteiger partial charge < -0.3 is 25.0 Å². The number of hydrogen-bond acceptors (Lipinski definition) is 5. The molecule has 1 saturated heterocycles. The summed E-state index contributed by atoms with van der Waals surface area (Å²) in [7, 11) is 2.99. The summed E-state index contributed by atoms with van der Waals surface area (Å²) < 4.78 is 10.9. The molecule has 3 aliphatic rings. The van der Waals surface area contributed by atoms with Gasteiger partial charge in [-0.05, 0) is 36.8 Å². The second-order valence-electron chi connectivity index (χ2n) is 8.03. The van der Waals surface area contributed by atoms with Crippen LogP contribution in [0.25, 0.3) is 0 Å². The lowest BCUT2D eigenvalue weighted by molar-refractivity contribution is -0.121. The maximum Gasteiger partial charge on any atom is 0.254 e. The highest BCUT2D eigenvalue weighted by atomic mass is 16.5. The van der Waals surface area contributed by atoms with Gasteiger partial charge in [-0.15, -0.1) is 0 Å². The minimum atomic E-state index is -0.217. The van der Waals surface area contributed by atoms with E-state index in [1.54, 1.807) is 17.0 Å². The molecule has 3 atom stereocenters. The molecule has 2 N–H and O–H groups in total. The molecule has 8 heteroatoms. The zero-order valence-electron chi connectivity index (χ0n) is 17.3. The second-order valence-corrected chi connectivity index (χ2v) is 8.03. The number of allylic oxidation sites excluding steroid dienone is 2. The van der Waals surface area contributed by atoms with Crippen LogP contribution in [0.15, 0.2) is 24.3 Å². The molecule has 4 rings (SSSR count). The van der Waals surface area contributed by atoms with Crippen molar-refractivity contribution in [3.63, 3.8) is 0 Å². The van der Waals surface area contributed by atoms with Crippen molar-refractivity contribution in [2.24, 2.45) is 17.8 Å². The number of anilines is 1. The molecule has 0 unspecified atom stereocenters. The fourth-order valence-electron chi connectivity index (χ4n) is 4.64. The third kappa shape index (κ3) is 3.86. The molecule has 2 fully saturated rings. The normalized spacial score (nSPS) is 24.9. The number of benzene rings is 1. The highest BCUT2D eigenvalue weighted by Crippen LogP contribution is 2.44. The molecule has 2 aliphatic carbocycles. The van der Waals surface area contributed by atoms with Crippen molar-refractivity contribution < 1.29 is 23.9 Å². The van der Waals surface area contributed by atoms with Gasteiger partial charge in [0, 0.05) is 37.5 Å². The summed E-state index contributed by atoms with van der Waals surface area (Å²) in [5.41, 5.74) is 0.797. The number of carbonyl (C=O) groups is 3. The SMILES string of the molecule is COc1cc(C(=O)N2CCNC(=O)CC2)cc(NC(=O)[C@@H]2C[C@@H]3C=C[C@H]2C3)c1OC. The van der Waals surface area contributed by atoms with E-state index in [1.165, 1.54) is 14.2 Å². The summed E-state index contributed by atoms with van der Waals surface area (Å²) in [6.07, 6.45) is 6.46. The van der Waals surface area contributed by atoms with Crippen molar-refractivity contribution in [1.82, 2.24) is 10.2 Å². The average molecular weight is 413 g/mol. The van der Waals surface area contributed by atoms with Gasteiger partial charge in [0.15, 0.2) is 11.5 Å². The largest absolute Gasteiger partial charge is 0.493 e. The van der Waals surface area contributed by atoms with E-state index in [-0.39, 0.29) is 36.0 Å². The third-order valence-electron chi connectivity index (χ3n) is 6.20. The van der Waals surface area contributed by atoms with E-state index in [1.807, 2.05) is 0 Å². The Balaban J connectivity index is 1.59. The number of ether oxygens (including phenoxy) is 2. The molecule has 0 radical (unpaired) electrons. The van der Waals surface area contributed by atoms with Crippen molar-refractivity contribution in [1.29, 1.82) is 0 Å². The molecule has 1 aromatic rings. The summed E-state index contributed by atoms with van der Waals surface area (Å²) in [5, 5.41) is 5.73. The Bertz CT molecular complexity index is 897. The van der Waals surface area contributed by atoms with Gasteiger partial charge in [0.1, 0.15) is 0 Å².